The summed E-state index contributed by atoms with van der Waals surface area (Å²) in [5.41, 5.74) is 2.76. The Morgan fingerprint density at radius 1 is 0.976 bits per heavy atom. The molecule has 0 spiro atoms. The minimum atomic E-state index is -4.40. The minimum Gasteiger partial charge on any atom is -0.368 e. The van der Waals surface area contributed by atoms with E-state index in [0.717, 1.165) is 42.9 Å². The number of carbonyl (C=O) groups is 1. The molecule has 6 rings (SSSR count). The Bertz CT molecular complexity index is 1660. The summed E-state index contributed by atoms with van der Waals surface area (Å²) in [6.45, 7) is 2.30. The normalized spacial score (nSPS) is 13.7. The molecule has 1 amide bonds. The third-order valence-corrected chi connectivity index (χ3v) is 7.09. The van der Waals surface area contributed by atoms with Crippen LogP contribution in [-0.4, -0.2) is 59.5 Å². The summed E-state index contributed by atoms with van der Waals surface area (Å²) < 4.78 is 42.8. The molecule has 0 radical (unpaired) electrons. The number of aromatic nitrogens is 6. The van der Waals surface area contributed by atoms with E-state index in [-0.39, 0.29) is 12.5 Å². The second-order valence-corrected chi connectivity index (χ2v) is 10.0. The third-order valence-electron chi connectivity index (χ3n) is 7.09. The lowest BCUT2D eigenvalue weighted by atomic mass is 10.1. The maximum absolute atomic E-state index is 13.0. The Balaban J connectivity index is 1.25. The Morgan fingerprint density at radius 2 is 1.79 bits per heavy atom. The van der Waals surface area contributed by atoms with Crippen LogP contribution in [0, 0.1) is 0 Å². The topological polar surface area (TPSA) is 106 Å². The van der Waals surface area contributed by atoms with E-state index < -0.39 is 11.7 Å². The number of fused-ring (bicyclic) bond motifs is 1. The molecular formula is C29H28F3N9O. The molecule has 0 unspecified atom stereocenters. The van der Waals surface area contributed by atoms with Crippen LogP contribution < -0.4 is 10.6 Å². The molecular weight excluding hydrogens is 547 g/mol. The zero-order valence-corrected chi connectivity index (χ0v) is 22.6. The standard InChI is InChI=1S/C29H28F3N9O/c30-29(31,32)21-6-4-20(5-7-21)17-41-19-35-25-26(34-12-2-15-39-14-1-3-24(39)42)37-28(38-27(25)41)36-22-8-10-23(11-9-22)40-16-13-33-18-40/h4-11,13,16,18-19H,1-3,12,14-15,17H2,(H2,34,36,37,38). The highest BCUT2D eigenvalue weighted by Gasteiger charge is 2.30. The number of carbonyl (C=O) groups excluding carboxylic acids is 1. The number of benzene rings is 2. The van der Waals surface area contributed by atoms with Gasteiger partial charge < -0.3 is 24.7 Å². The number of rotatable bonds is 10. The molecule has 10 nitrogen and oxygen atoms in total. The van der Waals surface area contributed by atoms with E-state index in [1.807, 2.05) is 39.9 Å². The van der Waals surface area contributed by atoms with Gasteiger partial charge in [0.25, 0.3) is 0 Å². The Hall–Kier alpha value is -4.94. The van der Waals surface area contributed by atoms with Gasteiger partial charge in [-0.25, -0.2) is 9.97 Å². The molecule has 4 heterocycles. The molecule has 0 aliphatic carbocycles. The molecule has 0 bridgehead atoms. The summed E-state index contributed by atoms with van der Waals surface area (Å²) in [5, 5.41) is 6.59. The Morgan fingerprint density at radius 3 is 2.48 bits per heavy atom. The summed E-state index contributed by atoms with van der Waals surface area (Å²) >= 11 is 0. The highest BCUT2D eigenvalue weighted by molar-refractivity contribution is 5.85. The highest BCUT2D eigenvalue weighted by atomic mass is 19.4. The van der Waals surface area contributed by atoms with E-state index >= 15 is 0 Å². The van der Waals surface area contributed by atoms with Gasteiger partial charge in [0.2, 0.25) is 11.9 Å². The first-order chi connectivity index (χ1) is 20.3. The molecule has 0 atom stereocenters. The number of anilines is 3. The molecule has 2 N–H and O–H groups in total. The molecule has 1 fully saturated rings. The summed E-state index contributed by atoms with van der Waals surface area (Å²) in [6, 6.07) is 12.7. The summed E-state index contributed by atoms with van der Waals surface area (Å²) in [6.07, 6.45) is 4.73. The van der Waals surface area contributed by atoms with Crippen molar-refractivity contribution >= 4 is 34.5 Å². The smallest absolute Gasteiger partial charge is 0.368 e. The van der Waals surface area contributed by atoms with E-state index in [2.05, 4.69) is 25.6 Å². The molecule has 2 aromatic carbocycles. The van der Waals surface area contributed by atoms with E-state index in [1.54, 1.807) is 23.4 Å². The van der Waals surface area contributed by atoms with Gasteiger partial charge in [-0.3, -0.25) is 4.79 Å². The average Bonchev–Trinajstić information content (AvgIpc) is 3.74. The van der Waals surface area contributed by atoms with Crippen molar-refractivity contribution in [1.82, 2.24) is 34.0 Å². The second-order valence-electron chi connectivity index (χ2n) is 10.0. The van der Waals surface area contributed by atoms with Crippen molar-refractivity contribution in [3.63, 3.8) is 0 Å². The summed E-state index contributed by atoms with van der Waals surface area (Å²) in [5.74, 6) is 1.05. The zero-order chi connectivity index (χ0) is 29.1. The molecule has 13 heteroatoms. The van der Waals surface area contributed by atoms with Crippen LogP contribution in [0.15, 0.2) is 73.6 Å². The van der Waals surface area contributed by atoms with Crippen LogP contribution in [0.2, 0.25) is 0 Å². The number of halogens is 3. The van der Waals surface area contributed by atoms with E-state index in [1.165, 1.54) is 12.1 Å². The quantitative estimate of drug-likeness (QED) is 0.219. The molecule has 42 heavy (non-hydrogen) atoms. The van der Waals surface area contributed by atoms with Gasteiger partial charge in [-0.05, 0) is 54.8 Å². The molecule has 1 saturated heterocycles. The SMILES string of the molecule is O=C1CCCN1CCCNc1nc(Nc2ccc(-n3ccnc3)cc2)nc2c1ncn2Cc1ccc(C(F)(F)F)cc1. The number of alkyl halides is 3. The first kappa shape index (κ1) is 27.2. The number of imidazole rings is 2. The lowest BCUT2D eigenvalue weighted by Gasteiger charge is -2.16. The zero-order valence-electron chi connectivity index (χ0n) is 22.6. The van der Waals surface area contributed by atoms with Gasteiger partial charge in [0.1, 0.15) is 0 Å². The van der Waals surface area contributed by atoms with Crippen LogP contribution in [0.25, 0.3) is 16.9 Å². The van der Waals surface area contributed by atoms with Crippen LogP contribution in [0.5, 0.6) is 0 Å². The highest BCUT2D eigenvalue weighted by Crippen LogP contribution is 2.30. The molecule has 1 aliphatic heterocycles. The van der Waals surface area contributed by atoms with E-state index in [9.17, 15) is 18.0 Å². The third kappa shape index (κ3) is 6.04. The largest absolute Gasteiger partial charge is 0.416 e. The molecule has 1 aliphatic rings. The van der Waals surface area contributed by atoms with Crippen molar-refractivity contribution in [2.45, 2.75) is 32.0 Å². The van der Waals surface area contributed by atoms with Crippen LogP contribution in [0.3, 0.4) is 0 Å². The summed E-state index contributed by atoms with van der Waals surface area (Å²) in [7, 11) is 0. The van der Waals surface area contributed by atoms with Gasteiger partial charge in [-0.1, -0.05) is 12.1 Å². The van der Waals surface area contributed by atoms with Gasteiger partial charge >= 0.3 is 6.18 Å². The van der Waals surface area contributed by atoms with Gasteiger partial charge in [0.05, 0.1) is 24.8 Å². The molecule has 0 saturated carbocycles. The van der Waals surface area contributed by atoms with E-state index in [4.69, 9.17) is 4.98 Å². The predicted molar refractivity (Wildman–Crippen MR) is 152 cm³/mol. The monoisotopic (exact) mass is 575 g/mol. The van der Waals surface area contributed by atoms with Gasteiger partial charge in [0.15, 0.2) is 17.0 Å². The lowest BCUT2D eigenvalue weighted by molar-refractivity contribution is -0.137. The average molecular weight is 576 g/mol. The van der Waals surface area contributed by atoms with Crippen molar-refractivity contribution < 1.29 is 18.0 Å². The van der Waals surface area contributed by atoms with Crippen molar-refractivity contribution in [3.8, 4) is 5.69 Å². The Labute approximate surface area is 239 Å². The van der Waals surface area contributed by atoms with Gasteiger partial charge in [-0.2, -0.15) is 23.1 Å². The first-order valence-corrected chi connectivity index (χ1v) is 13.6. The maximum Gasteiger partial charge on any atom is 0.416 e. The molecule has 5 aromatic rings. The van der Waals surface area contributed by atoms with Crippen molar-refractivity contribution in [3.05, 3.63) is 84.7 Å². The number of hydrogen-bond acceptors (Lipinski definition) is 7. The fraction of sp³-hybridized carbons (Fsp3) is 0.276. The number of likely N-dealkylation sites (tertiary alicyclic amines) is 1. The predicted octanol–water partition coefficient (Wildman–Crippen LogP) is 5.25. The fourth-order valence-corrected chi connectivity index (χ4v) is 4.91. The summed E-state index contributed by atoms with van der Waals surface area (Å²) in [4.78, 5) is 31.8. The number of nitrogens with one attached hydrogen (secondary N) is 2. The van der Waals surface area contributed by atoms with Gasteiger partial charge in [-0.15, -0.1) is 0 Å². The lowest BCUT2D eigenvalue weighted by Crippen LogP contribution is -2.27. The number of nitrogens with zero attached hydrogens (tertiary/aromatic N) is 7. The maximum atomic E-state index is 13.0. The van der Waals surface area contributed by atoms with E-state index in [0.29, 0.717) is 48.0 Å². The minimum absolute atomic E-state index is 0.187. The number of amides is 1. The molecule has 216 valence electrons. The van der Waals surface area contributed by atoms with Crippen molar-refractivity contribution in [1.29, 1.82) is 0 Å². The van der Waals surface area contributed by atoms with Crippen LogP contribution >= 0.6 is 0 Å². The van der Waals surface area contributed by atoms with Crippen LogP contribution in [0.4, 0.5) is 30.6 Å². The van der Waals surface area contributed by atoms with Crippen molar-refractivity contribution in [2.24, 2.45) is 0 Å². The fourth-order valence-electron chi connectivity index (χ4n) is 4.91. The second kappa shape index (κ2) is 11.5. The van der Waals surface area contributed by atoms with Crippen molar-refractivity contribution in [2.75, 3.05) is 30.3 Å². The first-order valence-electron chi connectivity index (χ1n) is 13.6. The van der Waals surface area contributed by atoms with Gasteiger partial charge in [0, 0.05) is 49.8 Å². The number of hydrogen-bond donors (Lipinski definition) is 2. The van der Waals surface area contributed by atoms with Crippen LogP contribution in [-0.2, 0) is 17.5 Å². The van der Waals surface area contributed by atoms with Crippen LogP contribution in [0.1, 0.15) is 30.4 Å². The molecule has 3 aromatic heterocycles. The Kier molecular flexibility index (Phi) is 7.46.